The Hall–Kier alpha value is 2.02. The molecule has 1 rings (SSSR count). The first-order chi connectivity index (χ1) is 7.29. The maximum atomic E-state index is 11.5. The SMILES string of the molecule is O=P([O-])(CCS(=O)(=O)[O-])CN1CCOCC1.[Na+].[Na+]. The predicted molar refractivity (Wildman–Crippen MR) is 54.3 cm³/mol. The molecule has 1 heterocycles. The summed E-state index contributed by atoms with van der Waals surface area (Å²) in [6.45, 7) is 1.96. The smallest absolute Gasteiger partial charge is 0.798 e. The average molecular weight is 317 g/mol. The van der Waals surface area contributed by atoms with Crippen LogP contribution in [0.5, 0.6) is 0 Å². The van der Waals surface area contributed by atoms with Crippen LogP contribution in [0.2, 0.25) is 0 Å². The summed E-state index contributed by atoms with van der Waals surface area (Å²) < 4.78 is 47.5. The summed E-state index contributed by atoms with van der Waals surface area (Å²) in [4.78, 5) is 13.2. The summed E-state index contributed by atoms with van der Waals surface area (Å²) in [7, 11) is -8.28. The normalized spacial score (nSPS) is 20.3. The van der Waals surface area contributed by atoms with Gasteiger partial charge in [0.1, 0.15) is 0 Å². The molecule has 1 atom stereocenters. The van der Waals surface area contributed by atoms with Gasteiger partial charge in [0.15, 0.2) is 0 Å². The Bertz CT molecular complexity index is 372. The van der Waals surface area contributed by atoms with Crippen LogP contribution in [0.15, 0.2) is 0 Å². The van der Waals surface area contributed by atoms with E-state index >= 15 is 0 Å². The molecule has 0 spiro atoms. The third-order valence-corrected chi connectivity index (χ3v) is 4.94. The molecule has 1 aliphatic heterocycles. The van der Waals surface area contributed by atoms with Crippen LogP contribution in [0.3, 0.4) is 0 Å². The van der Waals surface area contributed by atoms with Gasteiger partial charge < -0.3 is 18.7 Å². The maximum Gasteiger partial charge on any atom is 1.00 e. The Labute approximate surface area is 151 Å². The second kappa shape index (κ2) is 9.87. The third kappa shape index (κ3) is 10.8. The van der Waals surface area contributed by atoms with Crippen LogP contribution in [0.4, 0.5) is 0 Å². The van der Waals surface area contributed by atoms with Gasteiger partial charge in [-0.15, -0.1) is 0 Å². The molecular weight excluding hydrogens is 303 g/mol. The maximum absolute atomic E-state index is 11.5. The molecule has 0 aromatic heterocycles. The zero-order valence-corrected chi connectivity index (χ0v) is 16.4. The molecule has 0 radical (unpaired) electrons. The molecule has 0 aliphatic carbocycles. The van der Waals surface area contributed by atoms with Crippen molar-refractivity contribution < 1.29 is 86.3 Å². The number of ether oxygens (including phenoxy) is 1. The van der Waals surface area contributed by atoms with Crippen LogP contribution >= 0.6 is 7.37 Å². The summed E-state index contributed by atoms with van der Waals surface area (Å²) in [5, 5.41) is 0. The van der Waals surface area contributed by atoms with Gasteiger partial charge in [-0.05, 0) is 0 Å². The van der Waals surface area contributed by atoms with Crippen molar-refractivity contribution in [3.8, 4) is 0 Å². The van der Waals surface area contributed by atoms with Gasteiger partial charge in [-0.2, -0.15) is 0 Å². The second-order valence-electron chi connectivity index (χ2n) is 3.67. The fourth-order valence-electron chi connectivity index (χ4n) is 1.37. The van der Waals surface area contributed by atoms with Gasteiger partial charge in [-0.25, -0.2) is 8.42 Å². The molecule has 96 valence electrons. The van der Waals surface area contributed by atoms with E-state index in [0.29, 0.717) is 26.3 Å². The molecule has 0 amide bonds. The van der Waals surface area contributed by atoms with E-state index in [0.717, 1.165) is 0 Å². The summed E-state index contributed by atoms with van der Waals surface area (Å²) in [6, 6.07) is 0. The van der Waals surface area contributed by atoms with Gasteiger partial charge in [-0.3, -0.25) is 4.90 Å². The first-order valence-electron chi connectivity index (χ1n) is 4.81. The van der Waals surface area contributed by atoms with Crippen molar-refractivity contribution in [3.05, 3.63) is 0 Å². The number of rotatable bonds is 5. The van der Waals surface area contributed by atoms with Gasteiger partial charge in [0.25, 0.3) is 0 Å². The van der Waals surface area contributed by atoms with Crippen molar-refractivity contribution in [2.75, 3.05) is 44.5 Å². The van der Waals surface area contributed by atoms with E-state index in [1.165, 1.54) is 0 Å². The van der Waals surface area contributed by atoms with Crippen molar-refractivity contribution >= 4 is 17.5 Å². The van der Waals surface area contributed by atoms with Gasteiger partial charge >= 0.3 is 59.1 Å². The molecule has 0 aromatic rings. The van der Waals surface area contributed by atoms with E-state index in [4.69, 9.17) is 4.74 Å². The zero-order chi connectivity index (χ0) is 12.2. The summed E-state index contributed by atoms with van der Waals surface area (Å²) >= 11 is 0. The fraction of sp³-hybridized carbons (Fsp3) is 1.00. The molecular formula is C7H14NNa2O6PS. The minimum atomic E-state index is -4.46. The van der Waals surface area contributed by atoms with Gasteiger partial charge in [0.2, 0.25) is 0 Å². The van der Waals surface area contributed by atoms with E-state index in [2.05, 4.69) is 0 Å². The third-order valence-electron chi connectivity index (χ3n) is 2.20. The summed E-state index contributed by atoms with van der Waals surface area (Å²) in [5.41, 5.74) is 0. The van der Waals surface area contributed by atoms with E-state index in [-0.39, 0.29) is 65.4 Å². The average Bonchev–Trinajstić information content (AvgIpc) is 2.15. The topological polar surface area (TPSA) is 110 Å². The predicted octanol–water partition coefficient (Wildman–Crippen LogP) is -7.53. The Morgan fingerprint density at radius 1 is 1.22 bits per heavy atom. The van der Waals surface area contributed by atoms with Crippen LogP contribution in [0, 0.1) is 0 Å². The van der Waals surface area contributed by atoms with Crippen molar-refractivity contribution in [2.24, 2.45) is 0 Å². The monoisotopic (exact) mass is 317 g/mol. The largest absolute Gasteiger partial charge is 1.00 e. The Morgan fingerprint density at radius 3 is 2.17 bits per heavy atom. The summed E-state index contributed by atoms with van der Waals surface area (Å²) in [6.07, 6.45) is -0.776. The molecule has 1 fully saturated rings. The van der Waals surface area contributed by atoms with E-state index in [1.807, 2.05) is 0 Å². The molecule has 7 nitrogen and oxygen atoms in total. The molecule has 0 bridgehead atoms. The van der Waals surface area contributed by atoms with E-state index in [1.54, 1.807) is 4.90 Å². The van der Waals surface area contributed by atoms with Gasteiger partial charge in [-0.1, -0.05) is 0 Å². The first-order valence-corrected chi connectivity index (χ1v) is 8.38. The number of morpholine rings is 1. The molecule has 0 saturated carbocycles. The number of hydrogen-bond donors (Lipinski definition) is 0. The van der Waals surface area contributed by atoms with Crippen LogP contribution in [0.1, 0.15) is 0 Å². The minimum absolute atomic E-state index is 0. The molecule has 18 heavy (non-hydrogen) atoms. The quantitative estimate of drug-likeness (QED) is 0.281. The molecule has 1 aliphatic rings. The molecule has 1 unspecified atom stereocenters. The Balaban J connectivity index is 0. The van der Waals surface area contributed by atoms with Crippen molar-refractivity contribution in [3.63, 3.8) is 0 Å². The molecule has 0 aromatic carbocycles. The Kier molecular flexibility index (Phi) is 12.2. The van der Waals surface area contributed by atoms with Crippen molar-refractivity contribution in [2.45, 2.75) is 0 Å². The number of hydrogen-bond acceptors (Lipinski definition) is 7. The van der Waals surface area contributed by atoms with Crippen LogP contribution in [-0.2, 0) is 19.4 Å². The van der Waals surface area contributed by atoms with Crippen LogP contribution < -0.4 is 64.0 Å². The molecule has 11 heteroatoms. The zero-order valence-electron chi connectivity index (χ0n) is 10.7. The number of nitrogens with zero attached hydrogens (tertiary/aromatic N) is 1. The fourth-order valence-corrected chi connectivity index (χ4v) is 4.41. The van der Waals surface area contributed by atoms with Crippen molar-refractivity contribution in [1.82, 2.24) is 4.90 Å². The molecule has 1 saturated heterocycles. The first kappa shape index (κ1) is 22.3. The van der Waals surface area contributed by atoms with Crippen LogP contribution in [0.25, 0.3) is 0 Å². The van der Waals surface area contributed by atoms with Gasteiger partial charge in [0.05, 0.1) is 23.3 Å². The second-order valence-corrected chi connectivity index (χ2v) is 7.55. The van der Waals surface area contributed by atoms with Gasteiger partial charge in [0, 0.05) is 38.7 Å². The van der Waals surface area contributed by atoms with E-state index in [9.17, 15) is 22.4 Å². The van der Waals surface area contributed by atoms with E-state index < -0.39 is 29.4 Å². The standard InChI is InChI=1S/C7H16NO6PS.2Na/c9-15(10,5-6-16(11,12)13)7-8-1-3-14-4-2-8;;/h1-7H2,(H,9,10)(H,11,12,13);;/q;2*+1/p-2. The van der Waals surface area contributed by atoms with Crippen LogP contribution in [-0.4, -0.2) is 62.4 Å². The van der Waals surface area contributed by atoms with Crippen molar-refractivity contribution in [1.29, 1.82) is 0 Å². The Morgan fingerprint density at radius 2 is 1.72 bits per heavy atom. The summed E-state index contributed by atoms with van der Waals surface area (Å²) in [5.74, 6) is -0.849. The minimum Gasteiger partial charge on any atom is -0.798 e. The molecule has 0 N–H and O–H groups in total.